The zero-order chi connectivity index (χ0) is 18.2. The Labute approximate surface area is 144 Å². The summed E-state index contributed by atoms with van der Waals surface area (Å²) in [6, 6.07) is 9.57. The van der Waals surface area contributed by atoms with E-state index in [4.69, 9.17) is 9.47 Å². The van der Waals surface area contributed by atoms with Gasteiger partial charge < -0.3 is 14.8 Å². The number of anilines is 1. The zero-order valence-electron chi connectivity index (χ0n) is 14.0. The highest BCUT2D eigenvalue weighted by Gasteiger charge is 2.08. The minimum Gasteiger partial charge on any atom is -0.491 e. The highest BCUT2D eigenvalue weighted by atomic mass is 16.6. The van der Waals surface area contributed by atoms with Crippen molar-refractivity contribution < 1.29 is 19.2 Å². The van der Waals surface area contributed by atoms with Crippen LogP contribution in [0.4, 0.5) is 11.5 Å². The van der Waals surface area contributed by atoms with Crippen molar-refractivity contribution in [3.05, 3.63) is 58.3 Å². The Kier molecular flexibility index (Phi) is 6.27. The first-order chi connectivity index (χ1) is 12.0. The zero-order valence-corrected chi connectivity index (χ0v) is 14.0. The molecule has 25 heavy (non-hydrogen) atoms. The van der Waals surface area contributed by atoms with Crippen molar-refractivity contribution in [3.63, 3.8) is 0 Å². The number of nitrogens with one attached hydrogen (secondary N) is 1. The van der Waals surface area contributed by atoms with E-state index in [0.29, 0.717) is 23.7 Å². The predicted octanol–water partition coefficient (Wildman–Crippen LogP) is 3.05. The van der Waals surface area contributed by atoms with Gasteiger partial charge in [0.2, 0.25) is 0 Å². The van der Waals surface area contributed by atoms with Crippen molar-refractivity contribution in [2.45, 2.75) is 20.0 Å². The molecular formula is C17H19N3O5. The van der Waals surface area contributed by atoms with Gasteiger partial charge in [0.1, 0.15) is 24.4 Å². The van der Waals surface area contributed by atoms with Crippen LogP contribution in [-0.4, -0.2) is 35.1 Å². The third-order valence-corrected chi connectivity index (χ3v) is 3.06. The Morgan fingerprint density at radius 2 is 1.96 bits per heavy atom. The van der Waals surface area contributed by atoms with E-state index in [1.807, 2.05) is 13.8 Å². The fourth-order valence-corrected chi connectivity index (χ4v) is 1.95. The van der Waals surface area contributed by atoms with Crippen molar-refractivity contribution in [2.24, 2.45) is 0 Å². The monoisotopic (exact) mass is 345 g/mol. The normalized spacial score (nSPS) is 10.4. The number of rotatable bonds is 8. The number of aromatic nitrogens is 1. The standard InChI is InChI=1S/C17H19N3O5/c1-12(2)25-15-6-3-13(4-7-15)17(21)24-10-9-18-16-8-5-14(11-19-16)20(22)23/h3-8,11-12H,9-10H2,1-2H3,(H,18,19). The van der Waals surface area contributed by atoms with Gasteiger partial charge in [0.05, 0.1) is 23.1 Å². The Bertz CT molecular complexity index is 714. The average Bonchev–Trinajstić information content (AvgIpc) is 2.59. The summed E-state index contributed by atoms with van der Waals surface area (Å²) in [4.78, 5) is 25.8. The van der Waals surface area contributed by atoms with Crippen LogP contribution >= 0.6 is 0 Å². The van der Waals surface area contributed by atoms with Crippen LogP contribution in [0.1, 0.15) is 24.2 Å². The molecule has 0 fully saturated rings. The van der Waals surface area contributed by atoms with Gasteiger partial charge in [-0.15, -0.1) is 0 Å². The SMILES string of the molecule is CC(C)Oc1ccc(C(=O)OCCNc2ccc([N+](=O)[O-])cn2)cc1. The molecule has 1 aromatic carbocycles. The lowest BCUT2D eigenvalue weighted by Gasteiger charge is -2.10. The first-order valence-corrected chi connectivity index (χ1v) is 7.74. The van der Waals surface area contributed by atoms with Gasteiger partial charge in [0.15, 0.2) is 0 Å². The summed E-state index contributed by atoms with van der Waals surface area (Å²) < 4.78 is 10.7. The maximum absolute atomic E-state index is 11.9. The molecule has 1 heterocycles. The van der Waals surface area contributed by atoms with Crippen LogP contribution in [0.25, 0.3) is 0 Å². The second-order valence-corrected chi connectivity index (χ2v) is 5.41. The van der Waals surface area contributed by atoms with Gasteiger partial charge in [-0.25, -0.2) is 9.78 Å². The fourth-order valence-electron chi connectivity index (χ4n) is 1.95. The molecule has 0 radical (unpaired) electrons. The van der Waals surface area contributed by atoms with Crippen LogP contribution in [0, 0.1) is 10.1 Å². The molecule has 2 rings (SSSR count). The summed E-state index contributed by atoms with van der Waals surface area (Å²) in [7, 11) is 0. The molecule has 8 heteroatoms. The molecule has 1 aromatic heterocycles. The van der Waals surface area contributed by atoms with Gasteiger partial charge in [-0.2, -0.15) is 0 Å². The largest absolute Gasteiger partial charge is 0.491 e. The van der Waals surface area contributed by atoms with Crippen LogP contribution in [0.15, 0.2) is 42.6 Å². The Hall–Kier alpha value is -3.16. The molecule has 1 N–H and O–H groups in total. The first-order valence-electron chi connectivity index (χ1n) is 7.74. The number of carbonyl (C=O) groups excluding carboxylic acids is 1. The summed E-state index contributed by atoms with van der Waals surface area (Å²) in [5.41, 5.74) is 0.353. The number of ether oxygens (including phenoxy) is 2. The molecule has 0 spiro atoms. The molecule has 0 unspecified atom stereocenters. The van der Waals surface area contributed by atoms with Crippen molar-refractivity contribution in [1.29, 1.82) is 0 Å². The lowest BCUT2D eigenvalue weighted by molar-refractivity contribution is -0.385. The summed E-state index contributed by atoms with van der Waals surface area (Å²) in [6.07, 6.45) is 1.23. The van der Waals surface area contributed by atoms with Crippen LogP contribution in [0.3, 0.4) is 0 Å². The highest BCUT2D eigenvalue weighted by Crippen LogP contribution is 2.14. The van der Waals surface area contributed by atoms with Gasteiger partial charge in [-0.1, -0.05) is 0 Å². The van der Waals surface area contributed by atoms with Crippen molar-refractivity contribution >= 4 is 17.5 Å². The van der Waals surface area contributed by atoms with E-state index in [0.717, 1.165) is 6.20 Å². The summed E-state index contributed by atoms with van der Waals surface area (Å²) >= 11 is 0. The van der Waals surface area contributed by atoms with Gasteiger partial charge in [0.25, 0.3) is 5.69 Å². The van der Waals surface area contributed by atoms with Crippen molar-refractivity contribution in [3.8, 4) is 5.75 Å². The smallest absolute Gasteiger partial charge is 0.338 e. The number of hydrogen-bond acceptors (Lipinski definition) is 7. The second kappa shape index (κ2) is 8.62. The molecule has 0 saturated carbocycles. The van der Waals surface area contributed by atoms with Gasteiger partial charge in [-0.3, -0.25) is 10.1 Å². The molecule has 0 aliphatic carbocycles. The van der Waals surface area contributed by atoms with E-state index in [1.165, 1.54) is 12.1 Å². The minimum atomic E-state index is -0.518. The van der Waals surface area contributed by atoms with Crippen LogP contribution < -0.4 is 10.1 Å². The molecular weight excluding hydrogens is 326 g/mol. The van der Waals surface area contributed by atoms with Gasteiger partial charge in [0, 0.05) is 6.07 Å². The summed E-state index contributed by atoms with van der Waals surface area (Å²) in [5, 5.41) is 13.5. The van der Waals surface area contributed by atoms with Crippen LogP contribution in [0.5, 0.6) is 5.75 Å². The molecule has 132 valence electrons. The molecule has 0 aliphatic rings. The minimum absolute atomic E-state index is 0.0666. The summed E-state index contributed by atoms with van der Waals surface area (Å²) in [6.45, 7) is 4.33. The maximum atomic E-state index is 11.9. The van der Waals surface area contributed by atoms with Crippen molar-refractivity contribution in [2.75, 3.05) is 18.5 Å². The number of nitro groups is 1. The van der Waals surface area contributed by atoms with E-state index in [1.54, 1.807) is 24.3 Å². The van der Waals surface area contributed by atoms with Crippen molar-refractivity contribution in [1.82, 2.24) is 4.98 Å². The third-order valence-electron chi connectivity index (χ3n) is 3.06. The number of hydrogen-bond donors (Lipinski definition) is 1. The van der Waals surface area contributed by atoms with E-state index in [9.17, 15) is 14.9 Å². The van der Waals surface area contributed by atoms with E-state index < -0.39 is 10.9 Å². The lowest BCUT2D eigenvalue weighted by atomic mass is 10.2. The number of carbonyl (C=O) groups is 1. The molecule has 0 aliphatic heterocycles. The predicted molar refractivity (Wildman–Crippen MR) is 91.9 cm³/mol. The molecule has 0 saturated heterocycles. The topological polar surface area (TPSA) is 104 Å². The Morgan fingerprint density at radius 1 is 1.24 bits per heavy atom. The Balaban J connectivity index is 1.75. The first kappa shape index (κ1) is 18.2. The van der Waals surface area contributed by atoms with Crippen LogP contribution in [0.2, 0.25) is 0 Å². The van der Waals surface area contributed by atoms with Gasteiger partial charge in [-0.05, 0) is 44.2 Å². The molecule has 8 nitrogen and oxygen atoms in total. The van der Waals surface area contributed by atoms with E-state index >= 15 is 0 Å². The van der Waals surface area contributed by atoms with Gasteiger partial charge >= 0.3 is 5.97 Å². The van der Waals surface area contributed by atoms with E-state index in [2.05, 4.69) is 10.3 Å². The molecule has 0 bridgehead atoms. The highest BCUT2D eigenvalue weighted by molar-refractivity contribution is 5.89. The van der Waals surface area contributed by atoms with Crippen LogP contribution in [-0.2, 0) is 4.74 Å². The lowest BCUT2D eigenvalue weighted by Crippen LogP contribution is -2.14. The summed E-state index contributed by atoms with van der Waals surface area (Å²) in [5.74, 6) is 0.726. The third kappa shape index (κ3) is 5.76. The molecule has 0 atom stereocenters. The number of nitrogens with zero attached hydrogens (tertiary/aromatic N) is 2. The second-order valence-electron chi connectivity index (χ2n) is 5.41. The average molecular weight is 345 g/mol. The quantitative estimate of drug-likeness (QED) is 0.339. The Morgan fingerprint density at radius 3 is 2.52 bits per heavy atom. The molecule has 2 aromatic rings. The number of benzene rings is 1. The number of esters is 1. The fraction of sp³-hybridized carbons (Fsp3) is 0.294. The number of pyridine rings is 1. The molecule has 0 amide bonds. The maximum Gasteiger partial charge on any atom is 0.338 e. The van der Waals surface area contributed by atoms with E-state index in [-0.39, 0.29) is 18.4 Å².